The minimum atomic E-state index is -0.329. The third kappa shape index (κ3) is 2.85. The van der Waals surface area contributed by atoms with Crippen molar-refractivity contribution in [3.05, 3.63) is 35.4 Å². The van der Waals surface area contributed by atoms with Crippen LogP contribution in [0.4, 0.5) is 0 Å². The van der Waals surface area contributed by atoms with Gasteiger partial charge in [-0.25, -0.2) is 0 Å². The average Bonchev–Trinajstić information content (AvgIpc) is 2.95. The number of hydrogen-bond acceptors (Lipinski definition) is 4. The number of nitriles is 1. The Morgan fingerprint density at radius 2 is 1.90 bits per heavy atom. The molecule has 0 amide bonds. The maximum absolute atomic E-state index is 9.06. The summed E-state index contributed by atoms with van der Waals surface area (Å²) >= 11 is 0. The normalized spacial score (nSPS) is 21.9. The summed E-state index contributed by atoms with van der Waals surface area (Å²) in [6, 6.07) is 9.80. The van der Waals surface area contributed by atoms with E-state index < -0.39 is 0 Å². The molecule has 1 spiro atoms. The molecule has 1 aliphatic heterocycles. The summed E-state index contributed by atoms with van der Waals surface area (Å²) in [5.74, 6) is -0.329. The molecule has 2 aliphatic rings. The van der Waals surface area contributed by atoms with Gasteiger partial charge in [0.1, 0.15) is 0 Å². The first kappa shape index (κ1) is 13.6. The van der Waals surface area contributed by atoms with Gasteiger partial charge in [0, 0.05) is 12.8 Å². The van der Waals surface area contributed by atoms with Gasteiger partial charge in [-0.2, -0.15) is 5.26 Å². The molecular formula is C16H19NO3. The Hall–Kier alpha value is -1.41. The van der Waals surface area contributed by atoms with Crippen molar-refractivity contribution in [1.82, 2.24) is 0 Å². The molecule has 1 saturated heterocycles. The van der Waals surface area contributed by atoms with Crippen molar-refractivity contribution in [3.63, 3.8) is 0 Å². The fraction of sp³-hybridized carbons (Fsp3) is 0.562. The van der Waals surface area contributed by atoms with Gasteiger partial charge in [-0.15, -0.1) is 0 Å². The monoisotopic (exact) mass is 273 g/mol. The number of hydrogen-bond donors (Lipinski definition) is 0. The van der Waals surface area contributed by atoms with Crippen LogP contribution >= 0.6 is 0 Å². The zero-order chi connectivity index (χ0) is 13.8. The molecule has 4 heteroatoms. The summed E-state index contributed by atoms with van der Waals surface area (Å²) in [6.45, 7) is 1.92. The van der Waals surface area contributed by atoms with Crippen LogP contribution in [0.2, 0.25) is 0 Å². The largest absolute Gasteiger partial charge is 0.373 e. The fourth-order valence-electron chi connectivity index (χ4n) is 2.95. The van der Waals surface area contributed by atoms with Gasteiger partial charge in [0.05, 0.1) is 37.6 Å². The van der Waals surface area contributed by atoms with E-state index in [1.807, 2.05) is 24.3 Å². The SMILES string of the molecule is N#Cc1ccccc1COC1CCC2(CC1)OCCO2. The van der Waals surface area contributed by atoms with E-state index in [9.17, 15) is 0 Å². The molecule has 0 atom stereocenters. The van der Waals surface area contributed by atoms with Crippen LogP contribution in [0, 0.1) is 11.3 Å². The van der Waals surface area contributed by atoms with Crippen LogP contribution in [-0.4, -0.2) is 25.1 Å². The van der Waals surface area contributed by atoms with Crippen LogP contribution in [-0.2, 0) is 20.8 Å². The van der Waals surface area contributed by atoms with Crippen molar-refractivity contribution < 1.29 is 14.2 Å². The minimum absolute atomic E-state index is 0.236. The molecule has 0 bridgehead atoms. The van der Waals surface area contributed by atoms with Crippen molar-refractivity contribution >= 4 is 0 Å². The van der Waals surface area contributed by atoms with Crippen LogP contribution in [0.15, 0.2) is 24.3 Å². The standard InChI is InChI=1S/C16H19NO3/c17-11-13-3-1-2-4-14(13)12-18-15-5-7-16(8-6-15)19-9-10-20-16/h1-4,15H,5-10,12H2. The highest BCUT2D eigenvalue weighted by molar-refractivity contribution is 5.36. The molecule has 1 aliphatic carbocycles. The number of nitrogens with zero attached hydrogens (tertiary/aromatic N) is 1. The van der Waals surface area contributed by atoms with Gasteiger partial charge >= 0.3 is 0 Å². The predicted molar refractivity (Wildman–Crippen MR) is 72.8 cm³/mol. The van der Waals surface area contributed by atoms with Gasteiger partial charge < -0.3 is 14.2 Å². The van der Waals surface area contributed by atoms with Crippen LogP contribution < -0.4 is 0 Å². The summed E-state index contributed by atoms with van der Waals surface area (Å²) in [4.78, 5) is 0. The highest BCUT2D eigenvalue weighted by Gasteiger charge is 2.40. The van der Waals surface area contributed by atoms with Gasteiger partial charge in [0.2, 0.25) is 0 Å². The van der Waals surface area contributed by atoms with Crippen LogP contribution in [0.25, 0.3) is 0 Å². The zero-order valence-electron chi connectivity index (χ0n) is 11.5. The summed E-state index contributed by atoms with van der Waals surface area (Å²) in [5, 5.41) is 9.06. The van der Waals surface area contributed by atoms with E-state index in [1.165, 1.54) is 0 Å². The summed E-state index contributed by atoms with van der Waals surface area (Å²) < 4.78 is 17.4. The molecular weight excluding hydrogens is 254 g/mol. The lowest BCUT2D eigenvalue weighted by Crippen LogP contribution is -2.37. The Balaban J connectivity index is 1.52. The Kier molecular flexibility index (Phi) is 4.02. The Bertz CT molecular complexity index is 493. The third-order valence-corrected chi connectivity index (χ3v) is 4.12. The van der Waals surface area contributed by atoms with Gasteiger partial charge in [-0.1, -0.05) is 18.2 Å². The van der Waals surface area contributed by atoms with Gasteiger partial charge in [0.15, 0.2) is 5.79 Å². The van der Waals surface area contributed by atoms with Crippen molar-refractivity contribution in [3.8, 4) is 6.07 Å². The molecule has 106 valence electrons. The second-order valence-electron chi connectivity index (χ2n) is 5.39. The van der Waals surface area contributed by atoms with E-state index in [1.54, 1.807) is 0 Å². The molecule has 0 aromatic heterocycles. The number of benzene rings is 1. The highest BCUT2D eigenvalue weighted by Crippen LogP contribution is 2.36. The lowest BCUT2D eigenvalue weighted by atomic mass is 9.92. The van der Waals surface area contributed by atoms with Gasteiger partial charge in [-0.05, 0) is 24.5 Å². The third-order valence-electron chi connectivity index (χ3n) is 4.12. The molecule has 1 heterocycles. The molecule has 1 aromatic carbocycles. The summed E-state index contributed by atoms with van der Waals surface area (Å²) in [6.07, 6.45) is 3.94. The van der Waals surface area contributed by atoms with E-state index in [0.29, 0.717) is 25.4 Å². The molecule has 2 fully saturated rings. The van der Waals surface area contributed by atoms with E-state index >= 15 is 0 Å². The Morgan fingerprint density at radius 3 is 2.60 bits per heavy atom. The topological polar surface area (TPSA) is 51.5 Å². The predicted octanol–water partition coefficient (Wildman–Crippen LogP) is 2.76. The summed E-state index contributed by atoms with van der Waals surface area (Å²) in [5.41, 5.74) is 1.66. The van der Waals surface area contributed by atoms with Crippen molar-refractivity contribution in [2.24, 2.45) is 0 Å². The maximum atomic E-state index is 9.06. The van der Waals surface area contributed by atoms with Crippen molar-refractivity contribution in [1.29, 1.82) is 5.26 Å². The second-order valence-corrected chi connectivity index (χ2v) is 5.39. The number of ether oxygens (including phenoxy) is 3. The highest BCUT2D eigenvalue weighted by atomic mass is 16.7. The molecule has 0 unspecified atom stereocenters. The molecule has 0 radical (unpaired) electrons. The van der Waals surface area contributed by atoms with Gasteiger partial charge in [-0.3, -0.25) is 0 Å². The quantitative estimate of drug-likeness (QED) is 0.849. The first-order valence-corrected chi connectivity index (χ1v) is 7.19. The van der Waals surface area contributed by atoms with E-state index in [-0.39, 0.29) is 11.9 Å². The fourth-order valence-corrected chi connectivity index (χ4v) is 2.95. The van der Waals surface area contributed by atoms with Crippen LogP contribution in [0.3, 0.4) is 0 Å². The van der Waals surface area contributed by atoms with E-state index in [4.69, 9.17) is 19.5 Å². The summed E-state index contributed by atoms with van der Waals surface area (Å²) in [7, 11) is 0. The minimum Gasteiger partial charge on any atom is -0.373 e. The van der Waals surface area contributed by atoms with E-state index in [2.05, 4.69) is 6.07 Å². The molecule has 0 N–H and O–H groups in total. The first-order valence-electron chi connectivity index (χ1n) is 7.19. The van der Waals surface area contributed by atoms with Crippen molar-refractivity contribution in [2.45, 2.75) is 44.2 Å². The lowest BCUT2D eigenvalue weighted by Gasteiger charge is -2.35. The van der Waals surface area contributed by atoms with Crippen LogP contribution in [0.1, 0.15) is 36.8 Å². The van der Waals surface area contributed by atoms with Crippen molar-refractivity contribution in [2.75, 3.05) is 13.2 Å². The maximum Gasteiger partial charge on any atom is 0.168 e. The molecule has 1 saturated carbocycles. The van der Waals surface area contributed by atoms with Crippen LogP contribution in [0.5, 0.6) is 0 Å². The second kappa shape index (κ2) is 5.92. The Labute approximate surface area is 119 Å². The molecule has 4 nitrogen and oxygen atoms in total. The molecule has 1 aromatic rings. The molecule has 3 rings (SSSR count). The van der Waals surface area contributed by atoms with Gasteiger partial charge in [0.25, 0.3) is 0 Å². The molecule has 20 heavy (non-hydrogen) atoms. The zero-order valence-corrected chi connectivity index (χ0v) is 11.5. The smallest absolute Gasteiger partial charge is 0.168 e. The average molecular weight is 273 g/mol. The number of rotatable bonds is 3. The lowest BCUT2D eigenvalue weighted by molar-refractivity contribution is -0.192. The van der Waals surface area contributed by atoms with E-state index in [0.717, 1.165) is 31.2 Å². The Morgan fingerprint density at radius 1 is 1.20 bits per heavy atom. The first-order chi connectivity index (χ1) is 9.81.